The highest BCUT2D eigenvalue weighted by Crippen LogP contribution is 2.27. The molecule has 2 aromatic carbocycles. The molecule has 0 radical (unpaired) electrons. The van der Waals surface area contributed by atoms with Crippen LogP contribution in [0.1, 0.15) is 28.3 Å². The lowest BCUT2D eigenvalue weighted by Gasteiger charge is -2.18. The first-order valence-electron chi connectivity index (χ1n) is 6.49. The van der Waals surface area contributed by atoms with Crippen molar-refractivity contribution in [2.75, 3.05) is 0 Å². The maximum Gasteiger partial charge on any atom is 0.142 e. The van der Waals surface area contributed by atoms with E-state index in [2.05, 4.69) is 37.5 Å². The van der Waals surface area contributed by atoms with Crippen LogP contribution in [0.15, 0.2) is 36.4 Å². The number of hydrogen-bond donors (Lipinski definition) is 2. The molecule has 106 valence electrons. The number of halogens is 2. The highest BCUT2D eigenvalue weighted by atomic mass is 35.5. The molecule has 0 aliphatic carbocycles. The van der Waals surface area contributed by atoms with Crippen LogP contribution in [-0.2, 0) is 6.42 Å². The second-order valence-corrected chi connectivity index (χ2v) is 5.36. The van der Waals surface area contributed by atoms with Gasteiger partial charge in [-0.3, -0.25) is 11.3 Å². The molecule has 0 heterocycles. The van der Waals surface area contributed by atoms with Gasteiger partial charge < -0.3 is 0 Å². The molecule has 0 saturated carbocycles. The number of hydrogen-bond acceptors (Lipinski definition) is 2. The Hall–Kier alpha value is -1.42. The molecule has 0 aromatic heterocycles. The summed E-state index contributed by atoms with van der Waals surface area (Å²) in [6.45, 7) is 4.14. The molecular formula is C16H18ClFN2. The molecule has 0 aliphatic rings. The number of nitrogens with one attached hydrogen (secondary N) is 1. The van der Waals surface area contributed by atoms with E-state index in [9.17, 15) is 4.39 Å². The van der Waals surface area contributed by atoms with Gasteiger partial charge in [-0.05, 0) is 48.6 Å². The van der Waals surface area contributed by atoms with Gasteiger partial charge in [0.2, 0.25) is 0 Å². The SMILES string of the molecule is Cc1ccc(CC(NN)c2cccc(F)c2Cl)cc1C. The summed E-state index contributed by atoms with van der Waals surface area (Å²) in [4.78, 5) is 0. The summed E-state index contributed by atoms with van der Waals surface area (Å²) < 4.78 is 13.5. The quantitative estimate of drug-likeness (QED) is 0.664. The van der Waals surface area contributed by atoms with Crippen LogP contribution in [0.4, 0.5) is 4.39 Å². The van der Waals surface area contributed by atoms with Crippen molar-refractivity contribution in [1.29, 1.82) is 0 Å². The fourth-order valence-corrected chi connectivity index (χ4v) is 2.47. The third kappa shape index (κ3) is 3.18. The van der Waals surface area contributed by atoms with Crippen molar-refractivity contribution in [3.05, 3.63) is 69.5 Å². The Morgan fingerprint density at radius 1 is 1.20 bits per heavy atom. The fraction of sp³-hybridized carbons (Fsp3) is 0.250. The van der Waals surface area contributed by atoms with E-state index in [1.165, 1.54) is 17.2 Å². The van der Waals surface area contributed by atoms with E-state index >= 15 is 0 Å². The molecule has 2 rings (SSSR count). The Balaban J connectivity index is 2.28. The maximum absolute atomic E-state index is 13.5. The summed E-state index contributed by atoms with van der Waals surface area (Å²) in [7, 11) is 0. The first-order chi connectivity index (χ1) is 9.52. The van der Waals surface area contributed by atoms with Crippen molar-refractivity contribution in [3.63, 3.8) is 0 Å². The zero-order valence-electron chi connectivity index (χ0n) is 11.6. The van der Waals surface area contributed by atoms with Crippen LogP contribution in [0.3, 0.4) is 0 Å². The smallest absolute Gasteiger partial charge is 0.142 e. The Kier molecular flexibility index (Phi) is 4.76. The van der Waals surface area contributed by atoms with E-state index in [0.717, 1.165) is 5.56 Å². The van der Waals surface area contributed by atoms with Gasteiger partial charge in [-0.1, -0.05) is 41.9 Å². The van der Waals surface area contributed by atoms with Crippen molar-refractivity contribution in [2.24, 2.45) is 5.84 Å². The molecule has 20 heavy (non-hydrogen) atoms. The summed E-state index contributed by atoms with van der Waals surface area (Å²) in [5, 5.41) is 0.124. The number of rotatable bonds is 4. The van der Waals surface area contributed by atoms with Crippen LogP contribution >= 0.6 is 11.6 Å². The first kappa shape index (κ1) is 15.0. The molecule has 0 saturated heterocycles. The lowest BCUT2D eigenvalue weighted by Crippen LogP contribution is -2.30. The van der Waals surface area contributed by atoms with Crippen LogP contribution in [0.5, 0.6) is 0 Å². The molecule has 2 aromatic rings. The first-order valence-corrected chi connectivity index (χ1v) is 6.87. The monoisotopic (exact) mass is 292 g/mol. The summed E-state index contributed by atoms with van der Waals surface area (Å²) >= 11 is 6.02. The molecule has 0 aliphatic heterocycles. The lowest BCUT2D eigenvalue weighted by atomic mass is 9.97. The number of aryl methyl sites for hydroxylation is 2. The third-order valence-corrected chi connectivity index (χ3v) is 3.97. The maximum atomic E-state index is 13.5. The summed E-state index contributed by atoms with van der Waals surface area (Å²) in [6, 6.07) is 10.8. The largest absolute Gasteiger partial charge is 0.271 e. The summed E-state index contributed by atoms with van der Waals surface area (Å²) in [5.41, 5.74) is 7.00. The normalized spacial score (nSPS) is 12.4. The average Bonchev–Trinajstić information content (AvgIpc) is 2.43. The van der Waals surface area contributed by atoms with Crippen LogP contribution in [0, 0.1) is 19.7 Å². The van der Waals surface area contributed by atoms with Crippen LogP contribution < -0.4 is 11.3 Å². The van der Waals surface area contributed by atoms with Gasteiger partial charge in [0.15, 0.2) is 0 Å². The number of benzene rings is 2. The molecular weight excluding hydrogens is 275 g/mol. The van der Waals surface area contributed by atoms with Gasteiger partial charge in [-0.25, -0.2) is 4.39 Å². The topological polar surface area (TPSA) is 38.0 Å². The van der Waals surface area contributed by atoms with E-state index in [-0.39, 0.29) is 11.1 Å². The molecule has 0 spiro atoms. The minimum absolute atomic E-state index is 0.124. The fourth-order valence-electron chi connectivity index (χ4n) is 2.21. The van der Waals surface area contributed by atoms with Gasteiger partial charge in [-0.15, -0.1) is 0 Å². The number of hydrazine groups is 1. The molecule has 2 nitrogen and oxygen atoms in total. The average molecular weight is 293 g/mol. The Morgan fingerprint density at radius 3 is 2.60 bits per heavy atom. The highest BCUT2D eigenvalue weighted by Gasteiger charge is 2.16. The molecule has 0 bridgehead atoms. The lowest BCUT2D eigenvalue weighted by molar-refractivity contribution is 0.544. The van der Waals surface area contributed by atoms with Gasteiger partial charge in [-0.2, -0.15) is 0 Å². The van der Waals surface area contributed by atoms with Crippen LogP contribution in [0.25, 0.3) is 0 Å². The van der Waals surface area contributed by atoms with Gasteiger partial charge in [0, 0.05) is 0 Å². The van der Waals surface area contributed by atoms with Gasteiger partial charge in [0.05, 0.1) is 11.1 Å². The predicted molar refractivity (Wildman–Crippen MR) is 81.1 cm³/mol. The Labute approximate surface area is 123 Å². The van der Waals surface area contributed by atoms with Crippen molar-refractivity contribution in [3.8, 4) is 0 Å². The van der Waals surface area contributed by atoms with E-state index in [1.54, 1.807) is 12.1 Å². The molecule has 1 unspecified atom stereocenters. The van der Waals surface area contributed by atoms with Crippen molar-refractivity contribution in [1.82, 2.24) is 5.43 Å². The molecule has 0 fully saturated rings. The summed E-state index contributed by atoms with van der Waals surface area (Å²) in [6.07, 6.45) is 0.654. The molecule has 3 N–H and O–H groups in total. The highest BCUT2D eigenvalue weighted by molar-refractivity contribution is 6.31. The van der Waals surface area contributed by atoms with E-state index in [0.29, 0.717) is 12.0 Å². The van der Waals surface area contributed by atoms with Gasteiger partial charge in [0.1, 0.15) is 5.82 Å². The zero-order chi connectivity index (χ0) is 14.7. The second kappa shape index (κ2) is 6.35. The predicted octanol–water partition coefficient (Wildman–Crippen LogP) is 3.84. The van der Waals surface area contributed by atoms with E-state index < -0.39 is 5.82 Å². The zero-order valence-corrected chi connectivity index (χ0v) is 12.3. The van der Waals surface area contributed by atoms with Crippen LogP contribution in [-0.4, -0.2) is 0 Å². The van der Waals surface area contributed by atoms with Gasteiger partial charge in [0.25, 0.3) is 0 Å². The van der Waals surface area contributed by atoms with E-state index in [1.807, 2.05) is 0 Å². The second-order valence-electron chi connectivity index (χ2n) is 4.99. The Morgan fingerprint density at radius 2 is 1.95 bits per heavy atom. The minimum atomic E-state index is -0.426. The molecule has 4 heteroatoms. The van der Waals surface area contributed by atoms with Crippen LogP contribution in [0.2, 0.25) is 5.02 Å². The molecule has 0 amide bonds. The third-order valence-electron chi connectivity index (χ3n) is 3.57. The van der Waals surface area contributed by atoms with E-state index in [4.69, 9.17) is 17.4 Å². The standard InChI is InChI=1S/C16H18ClFN2/c1-10-6-7-12(8-11(10)2)9-15(20-19)13-4-3-5-14(18)16(13)17/h3-8,15,20H,9,19H2,1-2H3. The summed E-state index contributed by atoms with van der Waals surface area (Å²) in [5.74, 6) is 5.18. The van der Waals surface area contributed by atoms with Crippen molar-refractivity contribution in [2.45, 2.75) is 26.3 Å². The van der Waals surface area contributed by atoms with Crippen molar-refractivity contribution >= 4 is 11.6 Å². The van der Waals surface area contributed by atoms with Gasteiger partial charge >= 0.3 is 0 Å². The van der Waals surface area contributed by atoms with Crippen molar-refractivity contribution < 1.29 is 4.39 Å². The minimum Gasteiger partial charge on any atom is -0.271 e. The number of nitrogens with two attached hydrogens (primary N) is 1. The Bertz CT molecular complexity index is 613. The molecule has 1 atom stereocenters.